The van der Waals surface area contributed by atoms with Crippen molar-refractivity contribution in [3.8, 4) is 5.75 Å². The third kappa shape index (κ3) is 2.97. The first-order chi connectivity index (χ1) is 13.0. The molecular formula is C22H23N3O2. The summed E-state index contributed by atoms with van der Waals surface area (Å²) in [5, 5.41) is 3.20. The van der Waals surface area contributed by atoms with Gasteiger partial charge in [-0.05, 0) is 51.0 Å². The summed E-state index contributed by atoms with van der Waals surface area (Å²) in [4.78, 5) is 17.4. The number of nitrogens with one attached hydrogen (secondary N) is 1. The molecule has 2 aromatic carbocycles. The number of amides is 1. The second-order valence-corrected chi connectivity index (χ2v) is 8.22. The lowest BCUT2D eigenvalue weighted by Gasteiger charge is -2.37. The van der Waals surface area contributed by atoms with Crippen molar-refractivity contribution in [1.82, 2.24) is 14.9 Å². The molecule has 1 atom stereocenters. The van der Waals surface area contributed by atoms with Gasteiger partial charge in [0.2, 0.25) is 0 Å². The summed E-state index contributed by atoms with van der Waals surface area (Å²) < 4.78 is 8.28. The number of carbonyl (C=O) groups is 1. The van der Waals surface area contributed by atoms with Crippen LogP contribution in [0.3, 0.4) is 0 Å². The van der Waals surface area contributed by atoms with E-state index in [1.807, 2.05) is 48.8 Å². The smallest absolute Gasteiger partial charge is 0.251 e. The number of imidazole rings is 1. The molecule has 1 amide bonds. The number of carbonyl (C=O) groups excluding carboxylic acids is 1. The van der Waals surface area contributed by atoms with Crippen molar-refractivity contribution in [2.24, 2.45) is 0 Å². The number of fused-ring (bicyclic) bond motifs is 2. The summed E-state index contributed by atoms with van der Waals surface area (Å²) in [7, 11) is 0. The van der Waals surface area contributed by atoms with E-state index in [9.17, 15) is 4.79 Å². The highest BCUT2D eigenvalue weighted by Crippen LogP contribution is 2.39. The Morgan fingerprint density at radius 1 is 1.22 bits per heavy atom. The van der Waals surface area contributed by atoms with Crippen molar-refractivity contribution in [3.63, 3.8) is 0 Å². The zero-order chi connectivity index (χ0) is 18.6. The van der Waals surface area contributed by atoms with Crippen molar-refractivity contribution in [3.05, 3.63) is 59.9 Å². The van der Waals surface area contributed by atoms with Gasteiger partial charge in [0.05, 0.1) is 23.4 Å². The molecule has 3 aromatic rings. The van der Waals surface area contributed by atoms with Gasteiger partial charge < -0.3 is 14.6 Å². The van der Waals surface area contributed by atoms with Crippen LogP contribution in [0.4, 0.5) is 0 Å². The van der Waals surface area contributed by atoms with Gasteiger partial charge in [0, 0.05) is 23.6 Å². The lowest BCUT2D eigenvalue weighted by atomic mass is 9.89. The summed E-state index contributed by atoms with van der Waals surface area (Å²) >= 11 is 0. The van der Waals surface area contributed by atoms with Gasteiger partial charge in [-0.2, -0.15) is 0 Å². The molecule has 2 heterocycles. The molecule has 1 aromatic heterocycles. The molecule has 0 spiro atoms. The van der Waals surface area contributed by atoms with E-state index >= 15 is 0 Å². The molecule has 1 fully saturated rings. The molecule has 1 aliphatic carbocycles. The lowest BCUT2D eigenvalue weighted by molar-refractivity contribution is 0.0620. The molecule has 27 heavy (non-hydrogen) atoms. The van der Waals surface area contributed by atoms with E-state index in [-0.39, 0.29) is 17.6 Å². The van der Waals surface area contributed by atoms with E-state index in [0.29, 0.717) is 11.6 Å². The minimum atomic E-state index is -0.320. The third-order valence-electron chi connectivity index (χ3n) is 5.46. The molecule has 1 unspecified atom stereocenters. The van der Waals surface area contributed by atoms with Crippen LogP contribution in [0.15, 0.2) is 48.8 Å². The van der Waals surface area contributed by atoms with Crippen LogP contribution in [0, 0.1) is 0 Å². The Morgan fingerprint density at radius 2 is 2.04 bits per heavy atom. The molecule has 1 aliphatic heterocycles. The van der Waals surface area contributed by atoms with Crippen molar-refractivity contribution >= 4 is 16.9 Å². The average molecular weight is 361 g/mol. The fourth-order valence-electron chi connectivity index (χ4n) is 3.99. The topological polar surface area (TPSA) is 56.2 Å². The van der Waals surface area contributed by atoms with Crippen LogP contribution >= 0.6 is 0 Å². The van der Waals surface area contributed by atoms with Crippen LogP contribution < -0.4 is 10.1 Å². The molecule has 1 saturated carbocycles. The second kappa shape index (κ2) is 5.84. The first-order valence-corrected chi connectivity index (χ1v) is 9.56. The van der Waals surface area contributed by atoms with E-state index in [1.54, 1.807) is 0 Å². The number of rotatable bonds is 3. The van der Waals surface area contributed by atoms with Gasteiger partial charge in [-0.25, -0.2) is 4.98 Å². The van der Waals surface area contributed by atoms with E-state index in [2.05, 4.69) is 28.7 Å². The largest absolute Gasteiger partial charge is 0.487 e. The molecule has 5 nitrogen and oxygen atoms in total. The first-order valence-electron chi connectivity index (χ1n) is 9.56. The molecule has 138 valence electrons. The molecule has 1 N–H and O–H groups in total. The van der Waals surface area contributed by atoms with E-state index < -0.39 is 0 Å². The second-order valence-electron chi connectivity index (χ2n) is 8.22. The van der Waals surface area contributed by atoms with Crippen LogP contribution in [0.25, 0.3) is 11.0 Å². The Bertz CT molecular complexity index is 1030. The summed E-state index contributed by atoms with van der Waals surface area (Å²) in [6, 6.07) is 14.2. The number of nitrogens with zero attached hydrogens (tertiary/aromatic N) is 2. The highest BCUT2D eigenvalue weighted by molar-refractivity contribution is 5.97. The number of benzene rings is 2. The van der Waals surface area contributed by atoms with Gasteiger partial charge in [-0.3, -0.25) is 4.79 Å². The SMILES string of the molecule is CC1(C)CC(NC(=O)c2ccc3c(c2)ncn3C2CC2)c2ccccc2O1. The zero-order valence-electron chi connectivity index (χ0n) is 15.6. The van der Waals surface area contributed by atoms with Crippen LogP contribution in [-0.4, -0.2) is 21.1 Å². The highest BCUT2D eigenvalue weighted by Gasteiger charge is 2.34. The van der Waals surface area contributed by atoms with Gasteiger partial charge in [0.15, 0.2) is 0 Å². The molecule has 0 saturated heterocycles. The van der Waals surface area contributed by atoms with Crippen molar-refractivity contribution < 1.29 is 9.53 Å². The molecule has 5 heteroatoms. The molecule has 0 radical (unpaired) electrons. The molecule has 0 bridgehead atoms. The minimum Gasteiger partial charge on any atom is -0.487 e. The molecule has 2 aliphatic rings. The fourth-order valence-corrected chi connectivity index (χ4v) is 3.99. The van der Waals surface area contributed by atoms with Crippen LogP contribution in [0.5, 0.6) is 5.75 Å². The first kappa shape index (κ1) is 16.4. The number of aromatic nitrogens is 2. The maximum Gasteiger partial charge on any atom is 0.251 e. The van der Waals surface area contributed by atoms with E-state index in [1.165, 1.54) is 12.8 Å². The number of hydrogen-bond acceptors (Lipinski definition) is 3. The Labute approximate surface area is 158 Å². The van der Waals surface area contributed by atoms with Gasteiger partial charge in [0.1, 0.15) is 11.4 Å². The van der Waals surface area contributed by atoms with Gasteiger partial charge in [-0.15, -0.1) is 0 Å². The Balaban J connectivity index is 1.42. The number of ether oxygens (including phenoxy) is 1. The van der Waals surface area contributed by atoms with Gasteiger partial charge >= 0.3 is 0 Å². The van der Waals surface area contributed by atoms with Crippen molar-refractivity contribution in [1.29, 1.82) is 0 Å². The quantitative estimate of drug-likeness (QED) is 0.752. The minimum absolute atomic E-state index is 0.0721. The van der Waals surface area contributed by atoms with E-state index in [0.717, 1.165) is 28.8 Å². The summed E-state index contributed by atoms with van der Waals surface area (Å²) in [6.07, 6.45) is 5.05. The fraction of sp³-hybridized carbons (Fsp3) is 0.364. The maximum atomic E-state index is 12.9. The molecular weight excluding hydrogens is 338 g/mol. The number of para-hydroxylation sites is 1. The predicted molar refractivity (Wildman–Crippen MR) is 104 cm³/mol. The zero-order valence-corrected chi connectivity index (χ0v) is 15.6. The lowest BCUT2D eigenvalue weighted by Crippen LogP contribution is -2.41. The van der Waals surface area contributed by atoms with Crippen LogP contribution in [0.1, 0.15) is 61.1 Å². The normalized spacial score (nSPS) is 20.7. The van der Waals surface area contributed by atoms with Gasteiger partial charge in [-0.1, -0.05) is 18.2 Å². The summed E-state index contributed by atoms with van der Waals surface area (Å²) in [5.74, 6) is 0.771. The standard InChI is InChI=1S/C22H23N3O2/c1-22(2)12-18(16-5-3-4-6-20(16)27-22)24-21(26)14-7-10-19-17(11-14)23-13-25(19)15-8-9-15/h3-7,10-11,13,15,18H,8-9,12H2,1-2H3,(H,24,26). The average Bonchev–Trinajstić information content (AvgIpc) is 3.39. The van der Waals surface area contributed by atoms with E-state index in [4.69, 9.17) is 4.74 Å². The Kier molecular flexibility index (Phi) is 3.54. The Morgan fingerprint density at radius 3 is 2.85 bits per heavy atom. The van der Waals surface area contributed by atoms with Crippen LogP contribution in [0.2, 0.25) is 0 Å². The Hall–Kier alpha value is -2.82. The predicted octanol–water partition coefficient (Wildman–Crippen LogP) is 4.40. The summed E-state index contributed by atoms with van der Waals surface area (Å²) in [6.45, 7) is 4.11. The van der Waals surface area contributed by atoms with Gasteiger partial charge in [0.25, 0.3) is 5.91 Å². The molecule has 5 rings (SSSR count). The van der Waals surface area contributed by atoms with Crippen molar-refractivity contribution in [2.75, 3.05) is 0 Å². The maximum absolute atomic E-state index is 12.9. The monoisotopic (exact) mass is 361 g/mol. The summed E-state index contributed by atoms with van der Waals surface area (Å²) in [5.41, 5.74) is 3.34. The highest BCUT2D eigenvalue weighted by atomic mass is 16.5. The third-order valence-corrected chi connectivity index (χ3v) is 5.46. The number of hydrogen-bond donors (Lipinski definition) is 1. The van der Waals surface area contributed by atoms with Crippen LogP contribution in [-0.2, 0) is 0 Å². The van der Waals surface area contributed by atoms with Crippen molar-refractivity contribution in [2.45, 2.75) is 50.8 Å².